The number of hydrogen-bond donors (Lipinski definition) is 2. The van der Waals surface area contributed by atoms with Crippen LogP contribution in [0.1, 0.15) is 51.4 Å². The molecule has 2 aliphatic heterocycles. The molecule has 7 heteroatoms. The molecule has 0 aromatic heterocycles. The molecule has 2 heterocycles. The lowest BCUT2D eigenvalue weighted by atomic mass is 9.64. The molecular weight excluding hydrogens is 494 g/mol. The first-order valence-electron chi connectivity index (χ1n) is 13.0. The minimum Gasteiger partial charge on any atom is -0.370 e. The second-order valence-corrected chi connectivity index (χ2v) is 12.2. The third kappa shape index (κ3) is 5.00. The predicted octanol–water partition coefficient (Wildman–Crippen LogP) is 6.26. The molecular formula is C27H36Cl3FN2O. The average molecular weight is 530 g/mol. The summed E-state index contributed by atoms with van der Waals surface area (Å²) in [6.07, 6.45) is 15.5. The Labute approximate surface area is 218 Å². The maximum atomic E-state index is 14.2. The Morgan fingerprint density at radius 1 is 1.03 bits per heavy atom. The number of allylic oxidation sites excluding steroid dienone is 5. The van der Waals surface area contributed by atoms with E-state index in [9.17, 15) is 9.50 Å². The van der Waals surface area contributed by atoms with Crippen molar-refractivity contribution in [2.75, 3.05) is 13.1 Å². The molecule has 3 nitrogen and oxygen atoms in total. The van der Waals surface area contributed by atoms with Crippen LogP contribution in [0, 0.1) is 23.7 Å². The molecule has 0 bridgehead atoms. The molecule has 5 rings (SSSR count). The monoisotopic (exact) mass is 528 g/mol. The summed E-state index contributed by atoms with van der Waals surface area (Å²) in [5, 5.41) is 14.9. The minimum atomic E-state index is -0.797. The van der Waals surface area contributed by atoms with Crippen LogP contribution in [0.5, 0.6) is 0 Å². The molecule has 0 aromatic carbocycles. The fourth-order valence-corrected chi connectivity index (χ4v) is 8.30. The summed E-state index contributed by atoms with van der Waals surface area (Å²) in [5.74, 6) is 1.65. The molecule has 1 saturated carbocycles. The van der Waals surface area contributed by atoms with Gasteiger partial charge in [0, 0.05) is 16.1 Å². The van der Waals surface area contributed by atoms with Gasteiger partial charge < -0.3 is 15.3 Å². The Morgan fingerprint density at radius 3 is 2.68 bits per heavy atom. The lowest BCUT2D eigenvalue weighted by Crippen LogP contribution is -2.51. The van der Waals surface area contributed by atoms with Gasteiger partial charge >= 0.3 is 0 Å². The second-order valence-electron chi connectivity index (χ2n) is 10.7. The van der Waals surface area contributed by atoms with Crippen LogP contribution >= 0.6 is 34.8 Å². The summed E-state index contributed by atoms with van der Waals surface area (Å²) < 4.78 is 14.2. The van der Waals surface area contributed by atoms with E-state index < -0.39 is 12.4 Å². The topological polar surface area (TPSA) is 35.5 Å². The Hall–Kier alpha value is -0.520. The van der Waals surface area contributed by atoms with Crippen LogP contribution in [-0.4, -0.2) is 52.3 Å². The van der Waals surface area contributed by atoms with Gasteiger partial charge in [-0.25, -0.2) is 4.39 Å². The zero-order valence-corrected chi connectivity index (χ0v) is 21.8. The summed E-state index contributed by atoms with van der Waals surface area (Å²) in [7, 11) is 0. The van der Waals surface area contributed by atoms with Crippen molar-refractivity contribution in [2.45, 2.75) is 80.6 Å². The molecule has 34 heavy (non-hydrogen) atoms. The van der Waals surface area contributed by atoms with Crippen LogP contribution in [0.25, 0.3) is 0 Å². The fourth-order valence-electron chi connectivity index (χ4n) is 7.09. The zero-order valence-electron chi connectivity index (χ0n) is 19.6. The summed E-state index contributed by atoms with van der Waals surface area (Å²) in [6.45, 7) is 2.14. The summed E-state index contributed by atoms with van der Waals surface area (Å²) in [5.41, 5.74) is 2.42. The first-order chi connectivity index (χ1) is 16.4. The van der Waals surface area contributed by atoms with Crippen molar-refractivity contribution in [1.29, 1.82) is 0 Å². The SMILES string of the molecule is OC1C=CC2=C(CC(C3CCCNCC3)CC2C2CCC(F)CC2Cl)N1C1C(Cl)=CC=CC1Cl. The van der Waals surface area contributed by atoms with Crippen LogP contribution in [-0.2, 0) is 0 Å². The van der Waals surface area contributed by atoms with Crippen LogP contribution < -0.4 is 5.32 Å². The van der Waals surface area contributed by atoms with Crippen molar-refractivity contribution in [3.05, 3.63) is 46.7 Å². The van der Waals surface area contributed by atoms with E-state index >= 15 is 0 Å². The van der Waals surface area contributed by atoms with E-state index in [2.05, 4.69) is 16.3 Å². The van der Waals surface area contributed by atoms with E-state index in [4.69, 9.17) is 34.8 Å². The molecule has 9 unspecified atom stereocenters. The van der Waals surface area contributed by atoms with E-state index in [0.717, 1.165) is 38.0 Å². The molecule has 188 valence electrons. The van der Waals surface area contributed by atoms with Gasteiger partial charge in [-0.1, -0.05) is 29.8 Å². The second kappa shape index (κ2) is 10.8. The van der Waals surface area contributed by atoms with E-state index in [1.54, 1.807) is 0 Å². The smallest absolute Gasteiger partial charge is 0.146 e. The van der Waals surface area contributed by atoms with Gasteiger partial charge in [0.25, 0.3) is 0 Å². The third-order valence-corrected chi connectivity index (χ3v) is 10.0. The molecule has 2 fully saturated rings. The van der Waals surface area contributed by atoms with Crippen LogP contribution in [0.2, 0.25) is 0 Å². The maximum absolute atomic E-state index is 14.2. The first-order valence-corrected chi connectivity index (χ1v) is 14.2. The Balaban J connectivity index is 1.53. The van der Waals surface area contributed by atoms with Gasteiger partial charge in [0.1, 0.15) is 12.4 Å². The molecule has 0 amide bonds. The highest BCUT2D eigenvalue weighted by Crippen LogP contribution is 2.51. The predicted molar refractivity (Wildman–Crippen MR) is 139 cm³/mol. The number of rotatable bonds is 3. The largest absolute Gasteiger partial charge is 0.370 e. The molecule has 3 aliphatic carbocycles. The van der Waals surface area contributed by atoms with Gasteiger partial charge in [0.15, 0.2) is 0 Å². The number of nitrogens with one attached hydrogen (secondary N) is 1. The quantitative estimate of drug-likeness (QED) is 0.424. The van der Waals surface area contributed by atoms with Crippen molar-refractivity contribution in [1.82, 2.24) is 10.2 Å². The Bertz CT molecular complexity index is 866. The Kier molecular flexibility index (Phi) is 8.02. The minimum absolute atomic E-state index is 0.160. The van der Waals surface area contributed by atoms with Crippen molar-refractivity contribution in [2.24, 2.45) is 23.7 Å². The number of aliphatic hydroxyl groups excluding tert-OH is 1. The van der Waals surface area contributed by atoms with E-state index in [1.165, 1.54) is 24.8 Å². The van der Waals surface area contributed by atoms with Crippen LogP contribution in [0.3, 0.4) is 0 Å². The maximum Gasteiger partial charge on any atom is 0.146 e. The van der Waals surface area contributed by atoms with E-state index in [0.29, 0.717) is 29.7 Å². The lowest BCUT2D eigenvalue weighted by Gasteiger charge is -2.50. The Morgan fingerprint density at radius 2 is 1.88 bits per heavy atom. The molecule has 1 saturated heterocycles. The fraction of sp³-hybridized carbons (Fsp3) is 0.704. The molecule has 5 aliphatic rings. The average Bonchev–Trinajstić information content (AvgIpc) is 3.09. The number of aliphatic hydroxyl groups is 1. The number of hydrogen-bond acceptors (Lipinski definition) is 3. The highest BCUT2D eigenvalue weighted by Gasteiger charge is 2.45. The van der Waals surface area contributed by atoms with Gasteiger partial charge in [-0.15, -0.1) is 23.2 Å². The van der Waals surface area contributed by atoms with Gasteiger partial charge in [0.2, 0.25) is 0 Å². The van der Waals surface area contributed by atoms with Crippen molar-refractivity contribution >= 4 is 34.8 Å². The standard InChI is InChI=1S/C27H36Cl3FN2O/c28-22-4-1-5-23(29)27(22)33-25-14-17(16-3-2-11-32-12-10-16)13-21(20(25)8-9-26(33)34)19-7-6-18(31)15-24(19)30/h1,4-5,8-9,16-19,21-22,24,26-27,32,34H,2-3,6-7,10-15H2. The van der Waals surface area contributed by atoms with E-state index in [1.807, 2.05) is 24.3 Å². The van der Waals surface area contributed by atoms with Crippen molar-refractivity contribution in [3.63, 3.8) is 0 Å². The molecule has 0 radical (unpaired) electrons. The molecule has 9 atom stereocenters. The van der Waals surface area contributed by atoms with Gasteiger partial charge in [0.05, 0.1) is 11.4 Å². The summed E-state index contributed by atoms with van der Waals surface area (Å²) >= 11 is 20.3. The lowest BCUT2D eigenvalue weighted by molar-refractivity contribution is 0.0307. The highest BCUT2D eigenvalue weighted by molar-refractivity contribution is 6.32. The first kappa shape index (κ1) is 25.1. The normalized spacial score (nSPS) is 43.4. The van der Waals surface area contributed by atoms with Gasteiger partial charge in [-0.2, -0.15) is 0 Å². The van der Waals surface area contributed by atoms with Gasteiger partial charge in [-0.3, -0.25) is 0 Å². The molecule has 0 spiro atoms. The van der Waals surface area contributed by atoms with Gasteiger partial charge in [-0.05, 0) is 106 Å². The molecule has 0 aromatic rings. The van der Waals surface area contributed by atoms with Crippen LogP contribution in [0.4, 0.5) is 4.39 Å². The van der Waals surface area contributed by atoms with Crippen molar-refractivity contribution in [3.8, 4) is 0 Å². The van der Waals surface area contributed by atoms with Crippen molar-refractivity contribution < 1.29 is 9.50 Å². The molecule has 2 N–H and O–H groups in total. The zero-order chi connectivity index (χ0) is 23.8. The van der Waals surface area contributed by atoms with Crippen LogP contribution in [0.15, 0.2) is 46.7 Å². The summed E-state index contributed by atoms with van der Waals surface area (Å²) in [4.78, 5) is 2.06. The third-order valence-electron chi connectivity index (χ3n) is 8.79. The highest BCUT2D eigenvalue weighted by atomic mass is 35.5. The number of halogens is 4. The van der Waals surface area contributed by atoms with E-state index in [-0.39, 0.29) is 28.6 Å². The summed E-state index contributed by atoms with van der Waals surface area (Å²) in [6, 6.07) is -0.304. The number of nitrogens with zero attached hydrogens (tertiary/aromatic N) is 1. The number of alkyl halides is 3.